The van der Waals surface area contributed by atoms with Gasteiger partial charge in [0.2, 0.25) is 6.79 Å². The average Bonchev–Trinajstić information content (AvgIpc) is 3.19. The second kappa shape index (κ2) is 5.84. The maximum Gasteiger partial charge on any atom is 0.231 e. The van der Waals surface area contributed by atoms with Crippen molar-refractivity contribution in [2.45, 2.75) is 57.9 Å². The van der Waals surface area contributed by atoms with Crippen LogP contribution in [-0.2, 0) is 20.7 Å². The molecule has 0 unspecified atom stereocenters. The molecule has 0 spiro atoms. The van der Waals surface area contributed by atoms with Gasteiger partial charge in [-0.1, -0.05) is 19.6 Å². The summed E-state index contributed by atoms with van der Waals surface area (Å²) in [6.07, 6.45) is 0.927. The van der Waals surface area contributed by atoms with E-state index in [1.165, 1.54) is 0 Å². The lowest BCUT2D eigenvalue weighted by Crippen LogP contribution is -2.43. The van der Waals surface area contributed by atoms with Crippen LogP contribution >= 0.6 is 0 Å². The van der Waals surface area contributed by atoms with Gasteiger partial charge in [0.15, 0.2) is 29.2 Å². The van der Waals surface area contributed by atoms with Crippen molar-refractivity contribution in [1.82, 2.24) is 4.90 Å². The first kappa shape index (κ1) is 18.2. The SMILES string of the molecule is CC1(C)O[C@@H]2C(=O)C3=C([C@@H]2O1)N(C[Si](C)(C)C)CCc1cc2c(cc13)OCO2. The van der Waals surface area contributed by atoms with Crippen molar-refractivity contribution in [2.24, 2.45) is 0 Å². The van der Waals surface area contributed by atoms with Crippen molar-refractivity contribution in [3.63, 3.8) is 0 Å². The number of carbonyl (C=O) groups excluding carboxylic acids is 1. The number of benzene rings is 1. The highest BCUT2D eigenvalue weighted by Crippen LogP contribution is 2.48. The summed E-state index contributed by atoms with van der Waals surface area (Å²) < 4.78 is 23.4. The highest BCUT2D eigenvalue weighted by atomic mass is 28.3. The van der Waals surface area contributed by atoms with Gasteiger partial charge in [-0.15, -0.1) is 0 Å². The van der Waals surface area contributed by atoms with Crippen LogP contribution in [0.15, 0.2) is 17.8 Å². The van der Waals surface area contributed by atoms with Gasteiger partial charge in [-0.2, -0.15) is 0 Å². The van der Waals surface area contributed by atoms with Gasteiger partial charge in [0.05, 0.1) is 19.3 Å². The second-order valence-electron chi connectivity index (χ2n) is 9.70. The van der Waals surface area contributed by atoms with E-state index in [0.29, 0.717) is 5.75 Å². The van der Waals surface area contributed by atoms with Gasteiger partial charge in [0.25, 0.3) is 0 Å². The maximum absolute atomic E-state index is 13.5. The molecule has 0 aromatic heterocycles. The molecule has 0 saturated carbocycles. The highest BCUT2D eigenvalue weighted by Gasteiger charge is 2.55. The van der Waals surface area contributed by atoms with E-state index in [-0.39, 0.29) is 18.7 Å². The fourth-order valence-electron chi connectivity index (χ4n) is 4.71. The molecule has 3 aliphatic heterocycles. The highest BCUT2D eigenvalue weighted by molar-refractivity contribution is 6.76. The third-order valence-corrected chi connectivity index (χ3v) is 6.98. The Bertz CT molecular complexity index is 901. The zero-order chi connectivity index (χ0) is 19.8. The predicted molar refractivity (Wildman–Crippen MR) is 107 cm³/mol. The Labute approximate surface area is 166 Å². The van der Waals surface area contributed by atoms with E-state index in [9.17, 15) is 4.79 Å². The molecular formula is C21H27NO5Si. The molecule has 3 heterocycles. The van der Waals surface area contributed by atoms with E-state index < -0.39 is 20.0 Å². The van der Waals surface area contributed by atoms with Crippen molar-refractivity contribution in [2.75, 3.05) is 19.5 Å². The van der Waals surface area contributed by atoms with Crippen LogP contribution in [0.3, 0.4) is 0 Å². The van der Waals surface area contributed by atoms with Crippen LogP contribution in [0.1, 0.15) is 25.0 Å². The standard InChI is InChI=1S/C21H27NO5Si/c1-21(2)26-19-17-16(18(23)20(19)27-21)13-9-15-14(24-11-25-15)8-12(13)6-7-22(17)10-28(3,4)5/h8-9,19-20H,6-7,10-11H2,1-5H3/t19-,20+/m0/s1. The monoisotopic (exact) mass is 401 g/mol. The fourth-order valence-corrected chi connectivity index (χ4v) is 6.18. The first-order valence-corrected chi connectivity index (χ1v) is 13.7. The smallest absolute Gasteiger partial charge is 0.231 e. The van der Waals surface area contributed by atoms with Gasteiger partial charge >= 0.3 is 0 Å². The molecule has 1 aliphatic carbocycles. The number of hydrogen-bond acceptors (Lipinski definition) is 6. The summed E-state index contributed by atoms with van der Waals surface area (Å²) in [7, 11) is -1.41. The molecule has 150 valence electrons. The molecule has 0 bridgehead atoms. The zero-order valence-corrected chi connectivity index (χ0v) is 18.1. The summed E-state index contributed by atoms with van der Waals surface area (Å²) in [5, 5.41) is 0. The molecule has 1 aromatic rings. The third-order valence-electron chi connectivity index (χ3n) is 5.65. The van der Waals surface area contributed by atoms with E-state index in [0.717, 1.165) is 47.3 Å². The lowest BCUT2D eigenvalue weighted by atomic mass is 9.96. The lowest BCUT2D eigenvalue weighted by molar-refractivity contribution is -0.153. The molecule has 4 aliphatic rings. The quantitative estimate of drug-likeness (QED) is 0.710. The zero-order valence-electron chi connectivity index (χ0n) is 17.1. The van der Waals surface area contributed by atoms with Gasteiger partial charge < -0.3 is 23.8 Å². The molecule has 0 radical (unpaired) electrons. The Morgan fingerprint density at radius 3 is 2.50 bits per heavy atom. The number of nitrogens with zero attached hydrogens (tertiary/aromatic N) is 1. The Kier molecular flexibility index (Phi) is 3.80. The van der Waals surface area contributed by atoms with Gasteiger partial charge in [-0.05, 0) is 43.5 Å². The Morgan fingerprint density at radius 2 is 1.79 bits per heavy atom. The maximum atomic E-state index is 13.5. The molecule has 0 amide bonds. The molecule has 1 aromatic carbocycles. The summed E-state index contributed by atoms with van der Waals surface area (Å²) in [5.41, 5.74) is 3.82. The Balaban J connectivity index is 1.68. The average molecular weight is 402 g/mol. The minimum absolute atomic E-state index is 0.0215. The van der Waals surface area contributed by atoms with Crippen molar-refractivity contribution in [3.8, 4) is 11.5 Å². The first-order chi connectivity index (χ1) is 13.1. The molecule has 5 rings (SSSR count). The fraction of sp³-hybridized carbons (Fsp3) is 0.571. The topological polar surface area (TPSA) is 57.2 Å². The minimum Gasteiger partial charge on any atom is -0.454 e. The second-order valence-corrected chi connectivity index (χ2v) is 15.1. The lowest BCUT2D eigenvalue weighted by Gasteiger charge is -2.33. The van der Waals surface area contributed by atoms with E-state index in [1.54, 1.807) is 0 Å². The number of rotatable bonds is 2. The molecule has 1 fully saturated rings. The number of carbonyl (C=O) groups is 1. The minimum atomic E-state index is -1.41. The largest absolute Gasteiger partial charge is 0.454 e. The number of ether oxygens (including phenoxy) is 4. The molecular weight excluding hydrogens is 374 g/mol. The number of fused-ring (bicyclic) bond motifs is 5. The van der Waals surface area contributed by atoms with E-state index >= 15 is 0 Å². The van der Waals surface area contributed by atoms with Crippen LogP contribution in [0.5, 0.6) is 11.5 Å². The van der Waals surface area contributed by atoms with Crippen LogP contribution in [-0.4, -0.2) is 56.3 Å². The van der Waals surface area contributed by atoms with Crippen LogP contribution < -0.4 is 9.47 Å². The van der Waals surface area contributed by atoms with Crippen molar-refractivity contribution >= 4 is 19.4 Å². The van der Waals surface area contributed by atoms with Gasteiger partial charge in [0, 0.05) is 12.7 Å². The summed E-state index contributed by atoms with van der Waals surface area (Å²) in [6.45, 7) is 11.9. The summed E-state index contributed by atoms with van der Waals surface area (Å²) >= 11 is 0. The normalized spacial score (nSPS) is 27.6. The number of hydrogen-bond donors (Lipinski definition) is 0. The first-order valence-electron chi connectivity index (χ1n) is 9.95. The van der Waals surface area contributed by atoms with E-state index in [4.69, 9.17) is 18.9 Å². The number of ketones is 1. The molecule has 1 saturated heterocycles. The molecule has 28 heavy (non-hydrogen) atoms. The Hall–Kier alpha value is -1.83. The third kappa shape index (κ3) is 2.79. The van der Waals surface area contributed by atoms with E-state index in [1.807, 2.05) is 26.0 Å². The van der Waals surface area contributed by atoms with Crippen LogP contribution in [0, 0.1) is 0 Å². The van der Waals surface area contributed by atoms with Gasteiger partial charge in [-0.3, -0.25) is 4.79 Å². The van der Waals surface area contributed by atoms with Crippen molar-refractivity contribution in [1.29, 1.82) is 0 Å². The summed E-state index contributed by atoms with van der Waals surface area (Å²) in [6, 6.07) is 4.00. The van der Waals surface area contributed by atoms with Crippen LogP contribution in [0.2, 0.25) is 19.6 Å². The van der Waals surface area contributed by atoms with E-state index in [2.05, 4.69) is 24.5 Å². The Morgan fingerprint density at radius 1 is 1.11 bits per heavy atom. The molecule has 0 N–H and O–H groups in total. The van der Waals surface area contributed by atoms with Crippen molar-refractivity contribution < 1.29 is 23.7 Å². The summed E-state index contributed by atoms with van der Waals surface area (Å²) in [4.78, 5) is 15.9. The molecule has 6 nitrogen and oxygen atoms in total. The van der Waals surface area contributed by atoms with Crippen LogP contribution in [0.25, 0.3) is 5.57 Å². The van der Waals surface area contributed by atoms with Gasteiger partial charge in [0.1, 0.15) is 6.10 Å². The summed E-state index contributed by atoms with van der Waals surface area (Å²) in [5.74, 6) is 0.738. The predicted octanol–water partition coefficient (Wildman–Crippen LogP) is 2.96. The molecule has 2 atom stereocenters. The number of Topliss-reactive ketones (excluding diaryl/α,β-unsaturated/α-hetero) is 1. The molecule has 7 heteroatoms. The van der Waals surface area contributed by atoms with Crippen LogP contribution in [0.4, 0.5) is 0 Å². The van der Waals surface area contributed by atoms with Crippen molar-refractivity contribution in [3.05, 3.63) is 29.0 Å². The van der Waals surface area contributed by atoms with Gasteiger partial charge in [-0.25, -0.2) is 0 Å².